The fourth-order valence-corrected chi connectivity index (χ4v) is 2.18. The molecule has 0 amide bonds. The van der Waals surface area contributed by atoms with Gasteiger partial charge < -0.3 is 9.47 Å². The van der Waals surface area contributed by atoms with Crippen molar-refractivity contribution in [2.24, 2.45) is 11.8 Å². The van der Waals surface area contributed by atoms with E-state index in [0.717, 1.165) is 19.4 Å². The number of carbonyl (C=O) groups is 2. The Balaban J connectivity index is 0.000000412. The van der Waals surface area contributed by atoms with Gasteiger partial charge in [-0.2, -0.15) is 0 Å². The Bertz CT molecular complexity index is 612. The summed E-state index contributed by atoms with van der Waals surface area (Å²) in [7, 11) is 0. The molecule has 0 spiro atoms. The van der Waals surface area contributed by atoms with E-state index >= 15 is 0 Å². The van der Waals surface area contributed by atoms with Crippen molar-refractivity contribution < 1.29 is 24.0 Å². The molecule has 1 fully saturated rings. The van der Waals surface area contributed by atoms with Crippen LogP contribution in [0.4, 0.5) is 5.69 Å². The molecule has 1 heterocycles. The highest BCUT2D eigenvalue weighted by Gasteiger charge is 2.26. The van der Waals surface area contributed by atoms with Crippen molar-refractivity contribution in [3.8, 4) is 5.75 Å². The second kappa shape index (κ2) is 9.83. The molecule has 0 bridgehead atoms. The maximum Gasteiger partial charge on any atom is 0.315 e. The van der Waals surface area contributed by atoms with Crippen molar-refractivity contribution in [1.29, 1.82) is 0 Å². The fraction of sp³-hybridized carbons (Fsp3) is 0.529. The summed E-state index contributed by atoms with van der Waals surface area (Å²) in [4.78, 5) is 31.5. The first kappa shape index (κ1) is 21.5. The van der Waals surface area contributed by atoms with E-state index in [4.69, 9.17) is 10.6 Å². The maximum atomic E-state index is 11.9. The lowest BCUT2D eigenvalue weighted by Crippen LogP contribution is -2.43. The summed E-state index contributed by atoms with van der Waals surface area (Å²) in [5.41, 5.74) is -0.354. The van der Waals surface area contributed by atoms with Gasteiger partial charge in [0, 0.05) is 25.2 Å². The van der Waals surface area contributed by atoms with Gasteiger partial charge >= 0.3 is 5.97 Å². The summed E-state index contributed by atoms with van der Waals surface area (Å²) in [6.07, 6.45) is 1.61. The summed E-state index contributed by atoms with van der Waals surface area (Å²) < 4.78 is 9.74. The SMILES string of the molecule is CC(C)(C)OC=O.NN1CCCC(C(=O)Oc2ccc([N+](=O)[O-])cc2)C1. The molecule has 1 atom stereocenters. The number of hydrogen-bond donors (Lipinski definition) is 1. The van der Waals surface area contributed by atoms with Crippen LogP contribution < -0.4 is 10.6 Å². The zero-order valence-corrected chi connectivity index (χ0v) is 15.2. The lowest BCUT2D eigenvalue weighted by Gasteiger charge is -2.27. The molecular formula is C17H25N3O6. The van der Waals surface area contributed by atoms with Gasteiger partial charge in [-0.15, -0.1) is 0 Å². The third-order valence-corrected chi connectivity index (χ3v) is 3.45. The van der Waals surface area contributed by atoms with Gasteiger partial charge in [0.15, 0.2) is 0 Å². The molecule has 9 heteroatoms. The van der Waals surface area contributed by atoms with E-state index in [1.807, 2.05) is 20.8 Å². The predicted octanol–water partition coefficient (Wildman–Crippen LogP) is 2.04. The summed E-state index contributed by atoms with van der Waals surface area (Å²) in [6, 6.07) is 5.44. The largest absolute Gasteiger partial charge is 0.462 e. The number of benzene rings is 1. The van der Waals surface area contributed by atoms with Gasteiger partial charge in [-0.25, -0.2) is 5.01 Å². The second-order valence-corrected chi connectivity index (χ2v) is 6.83. The Morgan fingerprint density at radius 2 is 1.96 bits per heavy atom. The maximum absolute atomic E-state index is 11.9. The highest BCUT2D eigenvalue weighted by molar-refractivity contribution is 5.75. The molecule has 2 rings (SSSR count). The number of hydrazine groups is 1. The third-order valence-electron chi connectivity index (χ3n) is 3.45. The summed E-state index contributed by atoms with van der Waals surface area (Å²) in [5, 5.41) is 12.1. The number of esters is 1. The first-order valence-electron chi connectivity index (χ1n) is 8.19. The van der Waals surface area contributed by atoms with Gasteiger partial charge in [0.2, 0.25) is 0 Å². The molecule has 0 radical (unpaired) electrons. The molecule has 1 unspecified atom stereocenters. The van der Waals surface area contributed by atoms with Crippen molar-refractivity contribution in [1.82, 2.24) is 5.01 Å². The lowest BCUT2D eigenvalue weighted by molar-refractivity contribution is -0.384. The molecule has 1 aliphatic rings. The van der Waals surface area contributed by atoms with Crippen LogP contribution in [0.5, 0.6) is 5.75 Å². The van der Waals surface area contributed by atoms with Gasteiger partial charge in [-0.1, -0.05) is 0 Å². The molecule has 0 aromatic heterocycles. The highest BCUT2D eigenvalue weighted by Crippen LogP contribution is 2.21. The van der Waals surface area contributed by atoms with Crippen LogP contribution in [0, 0.1) is 16.0 Å². The van der Waals surface area contributed by atoms with Gasteiger partial charge in [0.1, 0.15) is 11.4 Å². The highest BCUT2D eigenvalue weighted by atomic mass is 16.6. The van der Waals surface area contributed by atoms with Crippen molar-refractivity contribution in [3.05, 3.63) is 34.4 Å². The fourth-order valence-electron chi connectivity index (χ4n) is 2.18. The molecule has 1 aromatic rings. The zero-order chi connectivity index (χ0) is 19.7. The zero-order valence-electron chi connectivity index (χ0n) is 15.2. The van der Waals surface area contributed by atoms with Crippen molar-refractivity contribution in [3.63, 3.8) is 0 Å². The van der Waals surface area contributed by atoms with Crippen molar-refractivity contribution in [2.75, 3.05) is 13.1 Å². The average Bonchev–Trinajstić information content (AvgIpc) is 2.55. The first-order valence-corrected chi connectivity index (χ1v) is 8.19. The number of non-ortho nitro benzene ring substituents is 1. The number of nitro groups is 1. The minimum atomic E-state index is -0.501. The van der Waals surface area contributed by atoms with Crippen LogP contribution >= 0.6 is 0 Å². The molecule has 1 aromatic carbocycles. The number of piperidine rings is 1. The van der Waals surface area contributed by atoms with Crippen LogP contribution in [-0.2, 0) is 14.3 Å². The Labute approximate surface area is 152 Å². The summed E-state index contributed by atoms with van der Waals surface area (Å²) in [6.45, 7) is 7.18. The van der Waals surface area contributed by atoms with Crippen molar-refractivity contribution in [2.45, 2.75) is 39.2 Å². The Hall–Kier alpha value is -2.52. The molecule has 0 saturated carbocycles. The van der Waals surface area contributed by atoms with Gasteiger partial charge in [-0.05, 0) is 45.7 Å². The quantitative estimate of drug-likeness (QED) is 0.214. The van der Waals surface area contributed by atoms with Crippen LogP contribution in [0.25, 0.3) is 0 Å². The van der Waals surface area contributed by atoms with Crippen LogP contribution in [-0.4, -0.2) is 41.1 Å². The summed E-state index contributed by atoms with van der Waals surface area (Å²) in [5.74, 6) is 5.38. The Morgan fingerprint density at radius 3 is 2.38 bits per heavy atom. The third kappa shape index (κ3) is 8.04. The molecule has 2 N–H and O–H groups in total. The number of rotatable bonds is 4. The average molecular weight is 367 g/mol. The lowest BCUT2D eigenvalue weighted by atomic mass is 9.99. The standard InChI is InChI=1S/C12H15N3O4.C5H10O2/c13-14-7-1-2-9(8-14)12(16)19-11-5-3-10(4-6-11)15(17)18;1-5(2,3)7-4-6/h3-6,9H,1-2,7-8,13H2;4H,1-3H3. The first-order chi connectivity index (χ1) is 12.1. The number of carbonyl (C=O) groups excluding carboxylic acids is 2. The van der Waals surface area contributed by atoms with Crippen molar-refractivity contribution >= 4 is 18.1 Å². The summed E-state index contributed by atoms with van der Waals surface area (Å²) >= 11 is 0. The van der Waals surface area contributed by atoms with Gasteiger partial charge in [-0.3, -0.25) is 25.5 Å². The number of nitrogens with two attached hydrogens (primary N) is 1. The van der Waals surface area contributed by atoms with E-state index in [2.05, 4.69) is 4.74 Å². The number of nitro benzene ring substituents is 1. The molecule has 1 saturated heterocycles. The molecule has 9 nitrogen and oxygen atoms in total. The van der Waals surface area contributed by atoms with E-state index < -0.39 is 4.92 Å². The molecule has 26 heavy (non-hydrogen) atoms. The van der Waals surface area contributed by atoms with Gasteiger partial charge in [0.05, 0.1) is 10.8 Å². The number of hydrogen-bond acceptors (Lipinski definition) is 8. The van der Waals surface area contributed by atoms with Crippen LogP contribution in [0.15, 0.2) is 24.3 Å². The van der Waals surface area contributed by atoms with E-state index in [9.17, 15) is 19.7 Å². The Kier molecular flexibility index (Phi) is 8.14. The minimum absolute atomic E-state index is 0.0365. The van der Waals surface area contributed by atoms with Crippen LogP contribution in [0.1, 0.15) is 33.6 Å². The molecule has 0 aliphatic carbocycles. The molecule has 144 valence electrons. The number of ether oxygens (including phenoxy) is 2. The second-order valence-electron chi connectivity index (χ2n) is 6.83. The van der Waals surface area contributed by atoms with E-state index in [0.29, 0.717) is 18.8 Å². The smallest absolute Gasteiger partial charge is 0.315 e. The minimum Gasteiger partial charge on any atom is -0.462 e. The van der Waals surface area contributed by atoms with Gasteiger partial charge in [0.25, 0.3) is 12.2 Å². The van der Waals surface area contributed by atoms with E-state index in [-0.39, 0.29) is 23.2 Å². The monoisotopic (exact) mass is 367 g/mol. The van der Waals surface area contributed by atoms with E-state index in [1.54, 1.807) is 5.01 Å². The number of nitrogens with zero attached hydrogens (tertiary/aromatic N) is 2. The van der Waals surface area contributed by atoms with E-state index in [1.165, 1.54) is 24.3 Å². The predicted molar refractivity (Wildman–Crippen MR) is 94.1 cm³/mol. The van der Waals surface area contributed by atoms with Crippen LogP contribution in [0.3, 0.4) is 0 Å². The normalized spacial score (nSPS) is 17.5. The molecule has 1 aliphatic heterocycles. The Morgan fingerprint density at radius 1 is 1.35 bits per heavy atom. The molecular weight excluding hydrogens is 342 g/mol. The topological polar surface area (TPSA) is 125 Å². The van der Waals surface area contributed by atoms with Crippen LogP contribution in [0.2, 0.25) is 0 Å².